The number of esters is 1. The monoisotopic (exact) mass is 352 g/mol. The molecule has 1 aromatic carbocycles. The first-order valence-corrected chi connectivity index (χ1v) is 8.34. The van der Waals surface area contributed by atoms with Gasteiger partial charge in [-0.1, -0.05) is 30.3 Å². The summed E-state index contributed by atoms with van der Waals surface area (Å²) in [6, 6.07) is 9.63. The molecule has 0 aliphatic carbocycles. The molecule has 0 saturated carbocycles. The molecular formula is C18H25ClN2O3. The van der Waals surface area contributed by atoms with Crippen LogP contribution in [0.1, 0.15) is 43.7 Å². The topological polar surface area (TPSA) is 67.4 Å². The molecular weight excluding hydrogens is 328 g/mol. The summed E-state index contributed by atoms with van der Waals surface area (Å²) < 4.78 is 4.84. The molecule has 2 heterocycles. The fourth-order valence-corrected chi connectivity index (χ4v) is 3.87. The second kappa shape index (κ2) is 8.49. The van der Waals surface area contributed by atoms with E-state index in [1.165, 1.54) is 20.0 Å². The highest BCUT2D eigenvalue weighted by atomic mass is 35.5. The molecule has 1 aromatic rings. The van der Waals surface area contributed by atoms with Gasteiger partial charge in [-0.2, -0.15) is 0 Å². The molecule has 3 atom stereocenters. The van der Waals surface area contributed by atoms with E-state index in [-0.39, 0.29) is 18.3 Å². The maximum Gasteiger partial charge on any atom is 0.333 e. The Hall–Kier alpha value is -1.59. The maximum atomic E-state index is 12.4. The number of nitrogens with one attached hydrogen (secondary N) is 2. The van der Waals surface area contributed by atoms with Gasteiger partial charge in [0.2, 0.25) is 5.91 Å². The zero-order valence-corrected chi connectivity index (χ0v) is 14.7. The van der Waals surface area contributed by atoms with Gasteiger partial charge < -0.3 is 15.4 Å². The van der Waals surface area contributed by atoms with E-state index in [1.54, 1.807) is 0 Å². The van der Waals surface area contributed by atoms with Crippen LogP contribution in [-0.2, 0) is 14.3 Å². The highest BCUT2D eigenvalue weighted by Gasteiger charge is 2.34. The molecule has 3 rings (SSSR count). The minimum absolute atomic E-state index is 0. The molecule has 2 aliphatic rings. The van der Waals surface area contributed by atoms with Crippen molar-refractivity contribution in [3.63, 3.8) is 0 Å². The summed E-state index contributed by atoms with van der Waals surface area (Å²) in [5.74, 6) is -0.103. The first kappa shape index (κ1) is 18.7. The fourth-order valence-electron chi connectivity index (χ4n) is 3.87. The number of fused-ring (bicyclic) bond motifs is 2. The first-order valence-electron chi connectivity index (χ1n) is 8.34. The van der Waals surface area contributed by atoms with Crippen molar-refractivity contribution in [1.82, 2.24) is 10.6 Å². The van der Waals surface area contributed by atoms with Gasteiger partial charge in [0.25, 0.3) is 0 Å². The molecule has 3 unspecified atom stereocenters. The number of carbonyl (C=O) groups excluding carboxylic acids is 2. The largest absolute Gasteiger partial charge is 0.467 e. The fraction of sp³-hybridized carbons (Fsp3) is 0.556. The van der Waals surface area contributed by atoms with Crippen molar-refractivity contribution in [2.24, 2.45) is 5.92 Å². The summed E-state index contributed by atoms with van der Waals surface area (Å²) in [6.07, 6.45) is 5.03. The third-order valence-electron chi connectivity index (χ3n) is 4.92. The number of carbonyl (C=O) groups is 2. The van der Waals surface area contributed by atoms with Crippen LogP contribution in [-0.4, -0.2) is 31.1 Å². The molecule has 5 nitrogen and oxygen atoms in total. The highest BCUT2D eigenvalue weighted by molar-refractivity contribution is 5.86. The predicted molar refractivity (Wildman–Crippen MR) is 93.9 cm³/mol. The lowest BCUT2D eigenvalue weighted by Gasteiger charge is -2.29. The number of hydrogen-bond donors (Lipinski definition) is 2. The zero-order valence-electron chi connectivity index (χ0n) is 13.9. The first-order chi connectivity index (χ1) is 11.2. The lowest BCUT2D eigenvalue weighted by Crippen LogP contribution is -2.41. The van der Waals surface area contributed by atoms with Crippen LogP contribution in [0.3, 0.4) is 0 Å². The van der Waals surface area contributed by atoms with E-state index < -0.39 is 12.0 Å². The summed E-state index contributed by atoms with van der Waals surface area (Å²) in [7, 11) is 1.34. The van der Waals surface area contributed by atoms with Crippen molar-refractivity contribution in [2.75, 3.05) is 7.11 Å². The molecule has 6 heteroatoms. The summed E-state index contributed by atoms with van der Waals surface area (Å²) >= 11 is 0. The Bertz CT molecular complexity index is 555. The average molecular weight is 353 g/mol. The van der Waals surface area contributed by atoms with E-state index in [2.05, 4.69) is 10.6 Å². The molecule has 1 amide bonds. The van der Waals surface area contributed by atoms with E-state index in [1.807, 2.05) is 30.3 Å². The quantitative estimate of drug-likeness (QED) is 0.798. The van der Waals surface area contributed by atoms with E-state index in [0.29, 0.717) is 24.4 Å². The van der Waals surface area contributed by atoms with Gasteiger partial charge in [-0.15, -0.1) is 12.4 Å². The van der Waals surface area contributed by atoms with Gasteiger partial charge in [-0.05, 0) is 37.2 Å². The number of benzene rings is 1. The third kappa shape index (κ3) is 4.48. The minimum atomic E-state index is -0.730. The number of rotatable bonds is 5. The van der Waals surface area contributed by atoms with Gasteiger partial charge in [-0.25, -0.2) is 4.79 Å². The molecule has 2 saturated heterocycles. The number of halogens is 1. The van der Waals surface area contributed by atoms with Crippen molar-refractivity contribution in [3.8, 4) is 0 Å². The van der Waals surface area contributed by atoms with Gasteiger partial charge in [0.15, 0.2) is 6.04 Å². The van der Waals surface area contributed by atoms with E-state index in [4.69, 9.17) is 4.74 Å². The van der Waals surface area contributed by atoms with Crippen LogP contribution >= 0.6 is 12.4 Å². The molecule has 0 spiro atoms. The number of ether oxygens (including phenoxy) is 1. The Morgan fingerprint density at radius 1 is 1.21 bits per heavy atom. The van der Waals surface area contributed by atoms with Crippen LogP contribution < -0.4 is 10.6 Å². The molecule has 0 aromatic heterocycles. The van der Waals surface area contributed by atoms with Crippen molar-refractivity contribution in [2.45, 2.75) is 50.2 Å². The second-order valence-corrected chi connectivity index (χ2v) is 6.61. The Labute approximate surface area is 148 Å². The zero-order chi connectivity index (χ0) is 16.2. The van der Waals surface area contributed by atoms with Gasteiger partial charge >= 0.3 is 5.97 Å². The van der Waals surface area contributed by atoms with Crippen LogP contribution in [0.15, 0.2) is 30.3 Å². The Morgan fingerprint density at radius 3 is 2.42 bits per heavy atom. The van der Waals surface area contributed by atoms with Gasteiger partial charge in [0, 0.05) is 18.5 Å². The average Bonchev–Trinajstić information content (AvgIpc) is 2.91. The van der Waals surface area contributed by atoms with Gasteiger partial charge in [-0.3, -0.25) is 4.79 Å². The smallest absolute Gasteiger partial charge is 0.333 e. The Kier molecular flexibility index (Phi) is 6.63. The standard InChI is InChI=1S/C18H24N2O3.ClH/c1-23-18(22)17(13-5-3-2-4-6-13)20-16(21)11-12-9-14-7-8-15(10-12)19-14;/h2-6,12,14-15,17,19H,7-11H2,1H3,(H,20,21);1H. The van der Waals surface area contributed by atoms with E-state index in [9.17, 15) is 9.59 Å². The summed E-state index contributed by atoms with van der Waals surface area (Å²) in [4.78, 5) is 24.4. The summed E-state index contributed by atoms with van der Waals surface area (Å²) in [5, 5.41) is 6.43. The predicted octanol–water partition coefficient (Wildman–Crippen LogP) is 2.36. The number of amides is 1. The van der Waals surface area contributed by atoms with Crippen LogP contribution in [0.2, 0.25) is 0 Å². The lowest BCUT2D eigenvalue weighted by molar-refractivity contribution is -0.145. The van der Waals surface area contributed by atoms with Crippen LogP contribution in [0.4, 0.5) is 0 Å². The number of methoxy groups -OCH3 is 1. The number of piperidine rings is 1. The maximum absolute atomic E-state index is 12.4. The van der Waals surface area contributed by atoms with Gasteiger partial charge in [0.05, 0.1) is 7.11 Å². The van der Waals surface area contributed by atoms with E-state index >= 15 is 0 Å². The minimum Gasteiger partial charge on any atom is -0.467 e. The number of hydrogen-bond acceptors (Lipinski definition) is 4. The SMILES string of the molecule is COC(=O)C(NC(=O)CC1CC2CCC(C1)N2)c1ccccc1.Cl. The van der Waals surface area contributed by atoms with Crippen molar-refractivity contribution in [1.29, 1.82) is 0 Å². The van der Waals surface area contributed by atoms with Crippen molar-refractivity contribution < 1.29 is 14.3 Å². The summed E-state index contributed by atoms with van der Waals surface area (Å²) in [5.41, 5.74) is 0.748. The highest BCUT2D eigenvalue weighted by Crippen LogP contribution is 2.32. The van der Waals surface area contributed by atoms with Crippen LogP contribution in [0.25, 0.3) is 0 Å². The van der Waals surface area contributed by atoms with Crippen LogP contribution in [0, 0.1) is 5.92 Å². The lowest BCUT2D eigenvalue weighted by atomic mass is 9.89. The molecule has 2 aliphatic heterocycles. The Morgan fingerprint density at radius 2 is 1.83 bits per heavy atom. The molecule has 132 valence electrons. The van der Waals surface area contributed by atoms with E-state index in [0.717, 1.165) is 18.4 Å². The van der Waals surface area contributed by atoms with Crippen LogP contribution in [0.5, 0.6) is 0 Å². The molecule has 24 heavy (non-hydrogen) atoms. The summed E-state index contributed by atoms with van der Waals surface area (Å²) in [6.45, 7) is 0. The van der Waals surface area contributed by atoms with Gasteiger partial charge in [0.1, 0.15) is 0 Å². The molecule has 2 fully saturated rings. The normalized spacial score (nSPS) is 26.1. The Balaban J connectivity index is 0.00000208. The molecule has 2 N–H and O–H groups in total. The van der Waals surface area contributed by atoms with Crippen molar-refractivity contribution in [3.05, 3.63) is 35.9 Å². The molecule has 2 bridgehead atoms. The second-order valence-electron chi connectivity index (χ2n) is 6.61. The van der Waals surface area contributed by atoms with Crippen molar-refractivity contribution >= 4 is 24.3 Å². The third-order valence-corrected chi connectivity index (χ3v) is 4.92. The molecule has 0 radical (unpaired) electrons.